The Kier molecular flexibility index (Phi) is 4.85. The third-order valence-electron chi connectivity index (χ3n) is 5.23. The molecule has 132 valence electrons. The first kappa shape index (κ1) is 17.0. The summed E-state index contributed by atoms with van der Waals surface area (Å²) in [6, 6.07) is 0.248. The zero-order chi connectivity index (χ0) is 16.6. The van der Waals surface area contributed by atoms with Crippen LogP contribution in [0.25, 0.3) is 0 Å². The molecule has 0 spiro atoms. The first-order valence-corrected chi connectivity index (χ1v) is 8.23. The second-order valence-electron chi connectivity index (χ2n) is 6.87. The number of rotatable bonds is 2. The van der Waals surface area contributed by atoms with Crippen LogP contribution >= 0.6 is 0 Å². The highest BCUT2D eigenvalue weighted by atomic mass is 19.4. The normalized spacial score (nSPS) is 31.4. The van der Waals surface area contributed by atoms with Gasteiger partial charge in [0, 0.05) is 25.6 Å². The van der Waals surface area contributed by atoms with Crippen molar-refractivity contribution in [2.45, 2.75) is 31.2 Å². The lowest BCUT2D eigenvalue weighted by Crippen LogP contribution is -2.48. The summed E-state index contributed by atoms with van der Waals surface area (Å²) in [6.07, 6.45) is -3.07. The largest absolute Gasteiger partial charge is 0.401 e. The molecule has 5 nitrogen and oxygen atoms in total. The number of hydrogen-bond acceptors (Lipinski definition) is 4. The van der Waals surface area contributed by atoms with Gasteiger partial charge in [-0.05, 0) is 33.0 Å². The standard InChI is InChI=1S/C15H24F3N3O2/c1-19-6-7-23-13-9-21(8-12(13)19)14(22)11-2-4-20(5-3-11)10-15(16,17)18/h11-13H,2-10H2,1H3/t12-,13+/m0/s1. The predicted octanol–water partition coefficient (Wildman–Crippen LogP) is 0.802. The monoisotopic (exact) mass is 335 g/mol. The van der Waals surface area contributed by atoms with Crippen LogP contribution in [0.5, 0.6) is 0 Å². The molecule has 3 heterocycles. The fraction of sp³-hybridized carbons (Fsp3) is 0.933. The summed E-state index contributed by atoms with van der Waals surface area (Å²) in [4.78, 5) is 18.1. The number of carbonyl (C=O) groups excluding carboxylic acids is 1. The van der Waals surface area contributed by atoms with Crippen LogP contribution in [0.4, 0.5) is 13.2 Å². The van der Waals surface area contributed by atoms with E-state index in [1.807, 2.05) is 11.9 Å². The van der Waals surface area contributed by atoms with E-state index >= 15 is 0 Å². The van der Waals surface area contributed by atoms with E-state index in [0.717, 1.165) is 6.54 Å². The van der Waals surface area contributed by atoms with E-state index in [-0.39, 0.29) is 24.0 Å². The Balaban J connectivity index is 1.50. The van der Waals surface area contributed by atoms with Gasteiger partial charge in [-0.2, -0.15) is 13.2 Å². The second-order valence-corrected chi connectivity index (χ2v) is 6.87. The summed E-state index contributed by atoms with van der Waals surface area (Å²) in [5, 5.41) is 0. The van der Waals surface area contributed by atoms with Crippen LogP contribution < -0.4 is 0 Å². The zero-order valence-corrected chi connectivity index (χ0v) is 13.4. The van der Waals surface area contributed by atoms with E-state index in [0.29, 0.717) is 45.6 Å². The maximum absolute atomic E-state index is 12.7. The SMILES string of the molecule is CN1CCO[C@@H]2CN(C(=O)C3CCN(CC(F)(F)F)CC3)C[C@@H]21. The molecular weight excluding hydrogens is 311 g/mol. The minimum Gasteiger partial charge on any atom is -0.373 e. The van der Waals surface area contributed by atoms with Gasteiger partial charge in [0.15, 0.2) is 0 Å². The van der Waals surface area contributed by atoms with Crippen molar-refractivity contribution >= 4 is 5.91 Å². The molecule has 3 fully saturated rings. The van der Waals surface area contributed by atoms with Crippen molar-refractivity contribution in [2.24, 2.45) is 5.92 Å². The number of likely N-dealkylation sites (N-methyl/N-ethyl adjacent to an activating group) is 1. The smallest absolute Gasteiger partial charge is 0.373 e. The molecule has 1 amide bonds. The summed E-state index contributed by atoms with van der Waals surface area (Å²) in [7, 11) is 2.05. The molecule has 0 aromatic rings. The number of likely N-dealkylation sites (tertiary alicyclic amines) is 2. The van der Waals surface area contributed by atoms with Gasteiger partial charge in [0.2, 0.25) is 5.91 Å². The molecule has 0 unspecified atom stereocenters. The highest BCUT2D eigenvalue weighted by molar-refractivity contribution is 5.79. The third-order valence-corrected chi connectivity index (χ3v) is 5.23. The van der Waals surface area contributed by atoms with Crippen molar-refractivity contribution in [2.75, 3.05) is 52.9 Å². The van der Waals surface area contributed by atoms with Crippen molar-refractivity contribution in [1.29, 1.82) is 0 Å². The van der Waals surface area contributed by atoms with Gasteiger partial charge in [-0.1, -0.05) is 0 Å². The first-order chi connectivity index (χ1) is 10.8. The van der Waals surface area contributed by atoms with Crippen LogP contribution in [0.15, 0.2) is 0 Å². The molecule has 3 aliphatic heterocycles. The van der Waals surface area contributed by atoms with Crippen molar-refractivity contribution < 1.29 is 22.7 Å². The summed E-state index contributed by atoms with van der Waals surface area (Å²) >= 11 is 0. The molecule has 0 bridgehead atoms. The number of ether oxygens (including phenoxy) is 1. The molecule has 2 atom stereocenters. The predicted molar refractivity (Wildman–Crippen MR) is 78.0 cm³/mol. The Labute approximate surface area is 134 Å². The lowest BCUT2D eigenvalue weighted by atomic mass is 9.95. The average molecular weight is 335 g/mol. The fourth-order valence-corrected chi connectivity index (χ4v) is 3.89. The van der Waals surface area contributed by atoms with Gasteiger partial charge in [-0.25, -0.2) is 0 Å². The molecule has 0 radical (unpaired) electrons. The number of nitrogens with zero attached hydrogens (tertiary/aromatic N) is 3. The van der Waals surface area contributed by atoms with Gasteiger partial charge in [-0.15, -0.1) is 0 Å². The average Bonchev–Trinajstić information content (AvgIpc) is 2.91. The molecule has 0 aromatic heterocycles. The van der Waals surface area contributed by atoms with E-state index in [4.69, 9.17) is 4.74 Å². The molecule has 0 aromatic carbocycles. The summed E-state index contributed by atoms with van der Waals surface area (Å²) in [5.41, 5.74) is 0. The fourth-order valence-electron chi connectivity index (χ4n) is 3.89. The molecule has 0 N–H and O–H groups in total. The summed E-state index contributed by atoms with van der Waals surface area (Å²) in [6.45, 7) is 2.65. The van der Waals surface area contributed by atoms with Crippen LogP contribution in [0, 0.1) is 5.92 Å². The van der Waals surface area contributed by atoms with Gasteiger partial charge >= 0.3 is 6.18 Å². The molecule has 3 rings (SSSR count). The lowest BCUT2D eigenvalue weighted by Gasteiger charge is -2.34. The molecule has 0 saturated carbocycles. The highest BCUT2D eigenvalue weighted by Crippen LogP contribution is 2.27. The quantitative estimate of drug-likeness (QED) is 0.748. The number of carbonyl (C=O) groups is 1. The lowest BCUT2D eigenvalue weighted by molar-refractivity contribution is -0.151. The Morgan fingerprint density at radius 2 is 1.87 bits per heavy atom. The van der Waals surface area contributed by atoms with Crippen LogP contribution in [0.1, 0.15) is 12.8 Å². The van der Waals surface area contributed by atoms with Crippen LogP contribution in [-0.4, -0.2) is 91.9 Å². The van der Waals surface area contributed by atoms with Gasteiger partial charge in [0.1, 0.15) is 0 Å². The van der Waals surface area contributed by atoms with Crippen molar-refractivity contribution in [3.8, 4) is 0 Å². The number of alkyl halides is 3. The molecule has 0 aliphatic carbocycles. The maximum atomic E-state index is 12.7. The Morgan fingerprint density at radius 1 is 1.17 bits per heavy atom. The van der Waals surface area contributed by atoms with Gasteiger partial charge in [-0.3, -0.25) is 14.6 Å². The minimum absolute atomic E-state index is 0.0722. The van der Waals surface area contributed by atoms with Gasteiger partial charge in [0.25, 0.3) is 0 Å². The first-order valence-electron chi connectivity index (χ1n) is 8.23. The van der Waals surface area contributed by atoms with Crippen LogP contribution in [0.2, 0.25) is 0 Å². The third kappa shape index (κ3) is 3.97. The van der Waals surface area contributed by atoms with Gasteiger partial charge in [0.05, 0.1) is 25.3 Å². The van der Waals surface area contributed by atoms with E-state index in [1.54, 1.807) is 0 Å². The van der Waals surface area contributed by atoms with E-state index in [1.165, 1.54) is 4.90 Å². The molecule has 23 heavy (non-hydrogen) atoms. The topological polar surface area (TPSA) is 36.0 Å². The summed E-state index contributed by atoms with van der Waals surface area (Å²) < 4.78 is 43.0. The number of piperidine rings is 1. The highest BCUT2D eigenvalue weighted by Gasteiger charge is 2.42. The maximum Gasteiger partial charge on any atom is 0.401 e. The number of amides is 1. The van der Waals surface area contributed by atoms with E-state index in [9.17, 15) is 18.0 Å². The Hall–Kier alpha value is -0.860. The van der Waals surface area contributed by atoms with Crippen molar-refractivity contribution in [3.63, 3.8) is 0 Å². The van der Waals surface area contributed by atoms with Crippen molar-refractivity contribution in [3.05, 3.63) is 0 Å². The zero-order valence-electron chi connectivity index (χ0n) is 13.4. The minimum atomic E-state index is -4.16. The van der Waals surface area contributed by atoms with Crippen LogP contribution in [0.3, 0.4) is 0 Å². The molecule has 3 aliphatic rings. The van der Waals surface area contributed by atoms with Gasteiger partial charge < -0.3 is 9.64 Å². The van der Waals surface area contributed by atoms with Crippen LogP contribution in [-0.2, 0) is 9.53 Å². The molecule has 8 heteroatoms. The van der Waals surface area contributed by atoms with E-state index < -0.39 is 12.7 Å². The molecule has 3 saturated heterocycles. The van der Waals surface area contributed by atoms with Crippen molar-refractivity contribution in [1.82, 2.24) is 14.7 Å². The summed E-state index contributed by atoms with van der Waals surface area (Å²) in [5.74, 6) is -0.0620. The Morgan fingerprint density at radius 3 is 2.48 bits per heavy atom. The number of morpholine rings is 1. The molecular formula is C15H24F3N3O2. The number of hydrogen-bond donors (Lipinski definition) is 0. The Bertz CT molecular complexity index is 438. The van der Waals surface area contributed by atoms with E-state index in [2.05, 4.69) is 4.90 Å². The number of fused-ring (bicyclic) bond motifs is 1. The number of halogens is 3. The second kappa shape index (κ2) is 6.57.